The number of H-pyrrole nitrogens is 1. The van der Waals surface area contributed by atoms with Gasteiger partial charge in [0.2, 0.25) is 0 Å². The van der Waals surface area contributed by atoms with E-state index in [-0.39, 0.29) is 5.91 Å². The van der Waals surface area contributed by atoms with E-state index in [1.165, 1.54) is 0 Å². The van der Waals surface area contributed by atoms with Crippen LogP contribution in [0.4, 0.5) is 0 Å². The minimum atomic E-state index is -0.708. The van der Waals surface area contributed by atoms with Crippen molar-refractivity contribution in [1.29, 1.82) is 0 Å². The molecule has 3 aromatic carbocycles. The van der Waals surface area contributed by atoms with E-state index < -0.39 is 6.10 Å². The van der Waals surface area contributed by atoms with Crippen LogP contribution in [0.15, 0.2) is 88.6 Å². The molecule has 32 heavy (non-hydrogen) atoms. The minimum Gasteiger partial charge on any atom is -0.489 e. The van der Waals surface area contributed by atoms with Crippen molar-refractivity contribution in [3.05, 3.63) is 94.6 Å². The van der Waals surface area contributed by atoms with Crippen LogP contribution in [0.5, 0.6) is 11.5 Å². The van der Waals surface area contributed by atoms with Crippen LogP contribution in [0.3, 0.4) is 0 Å². The summed E-state index contributed by atoms with van der Waals surface area (Å²) in [6, 6.07) is 23.1. The Morgan fingerprint density at radius 2 is 1.84 bits per heavy atom. The number of hydrazone groups is 1. The van der Waals surface area contributed by atoms with Crippen molar-refractivity contribution in [2.75, 3.05) is 0 Å². The summed E-state index contributed by atoms with van der Waals surface area (Å²) in [7, 11) is 0. The van der Waals surface area contributed by atoms with Crippen LogP contribution in [-0.2, 0) is 11.4 Å². The van der Waals surface area contributed by atoms with Crippen molar-refractivity contribution < 1.29 is 14.3 Å². The van der Waals surface area contributed by atoms with Crippen LogP contribution >= 0.6 is 15.9 Å². The standard InChI is InChI=1S/C25H22BrN3O3/c1-17(25(30)29-28-15-19-14-27-24-12-7-20(26)13-23(19)24)32-22-10-8-21(9-11-22)31-16-18-5-3-2-4-6-18/h2-15,17,27H,16H2,1H3,(H,29,30)/b28-15-/t17-/m1/s1. The third-order valence-corrected chi connectivity index (χ3v) is 5.30. The van der Waals surface area contributed by atoms with E-state index in [0.717, 1.165) is 32.3 Å². The van der Waals surface area contributed by atoms with Crippen LogP contribution in [0, 0.1) is 0 Å². The molecule has 1 aromatic heterocycles. The Balaban J connectivity index is 1.28. The zero-order valence-corrected chi connectivity index (χ0v) is 19.0. The highest BCUT2D eigenvalue weighted by molar-refractivity contribution is 9.10. The lowest BCUT2D eigenvalue weighted by atomic mass is 10.2. The van der Waals surface area contributed by atoms with Gasteiger partial charge >= 0.3 is 0 Å². The molecule has 0 spiro atoms. The van der Waals surface area contributed by atoms with E-state index in [0.29, 0.717) is 12.4 Å². The summed E-state index contributed by atoms with van der Waals surface area (Å²) >= 11 is 3.46. The monoisotopic (exact) mass is 491 g/mol. The number of fused-ring (bicyclic) bond motifs is 1. The van der Waals surface area contributed by atoms with Gasteiger partial charge in [0.15, 0.2) is 6.10 Å². The number of aromatic amines is 1. The second kappa shape index (κ2) is 10.2. The largest absolute Gasteiger partial charge is 0.489 e. The first-order chi connectivity index (χ1) is 15.6. The Morgan fingerprint density at radius 1 is 1.09 bits per heavy atom. The molecule has 1 atom stereocenters. The molecule has 0 radical (unpaired) electrons. The maximum absolute atomic E-state index is 12.3. The van der Waals surface area contributed by atoms with Gasteiger partial charge in [-0.1, -0.05) is 46.3 Å². The summed E-state index contributed by atoms with van der Waals surface area (Å²) in [5.41, 5.74) is 5.49. The average Bonchev–Trinajstić information content (AvgIpc) is 3.21. The Bertz CT molecular complexity index is 1220. The maximum atomic E-state index is 12.3. The van der Waals surface area contributed by atoms with Gasteiger partial charge in [0.1, 0.15) is 18.1 Å². The summed E-state index contributed by atoms with van der Waals surface area (Å²) in [6.45, 7) is 2.17. The quantitative estimate of drug-likeness (QED) is 0.255. The van der Waals surface area contributed by atoms with Gasteiger partial charge < -0.3 is 14.5 Å². The fourth-order valence-electron chi connectivity index (χ4n) is 3.09. The molecule has 1 heterocycles. The van der Waals surface area contributed by atoms with Gasteiger partial charge in [0.05, 0.1) is 6.21 Å². The van der Waals surface area contributed by atoms with E-state index in [9.17, 15) is 4.79 Å². The van der Waals surface area contributed by atoms with Gasteiger partial charge in [0.25, 0.3) is 5.91 Å². The van der Waals surface area contributed by atoms with Crippen LogP contribution in [0.2, 0.25) is 0 Å². The molecule has 0 aliphatic heterocycles. The van der Waals surface area contributed by atoms with Crippen LogP contribution in [0.25, 0.3) is 10.9 Å². The summed E-state index contributed by atoms with van der Waals surface area (Å²) in [4.78, 5) is 15.5. The molecule has 4 aromatic rings. The highest BCUT2D eigenvalue weighted by Gasteiger charge is 2.14. The molecule has 0 unspecified atom stereocenters. The SMILES string of the molecule is C[C@@H](Oc1ccc(OCc2ccccc2)cc1)C(=O)N/N=C\c1c[nH]c2ccc(Br)cc12. The summed E-state index contributed by atoms with van der Waals surface area (Å²) in [6.07, 6.45) is 2.74. The number of rotatable bonds is 8. The lowest BCUT2D eigenvalue weighted by molar-refractivity contribution is -0.127. The first kappa shape index (κ1) is 21.6. The lowest BCUT2D eigenvalue weighted by Crippen LogP contribution is -2.33. The molecule has 1 amide bonds. The molecule has 6 nitrogen and oxygen atoms in total. The molecular formula is C25H22BrN3O3. The Morgan fingerprint density at radius 3 is 2.62 bits per heavy atom. The highest BCUT2D eigenvalue weighted by atomic mass is 79.9. The molecule has 7 heteroatoms. The van der Waals surface area contributed by atoms with E-state index in [2.05, 4.69) is 31.4 Å². The second-order valence-corrected chi connectivity index (χ2v) is 8.09. The predicted octanol–water partition coefficient (Wildman–Crippen LogP) is 5.43. The van der Waals surface area contributed by atoms with E-state index in [4.69, 9.17) is 9.47 Å². The molecule has 4 rings (SSSR count). The van der Waals surface area contributed by atoms with Crippen molar-refractivity contribution in [2.24, 2.45) is 5.10 Å². The Labute approximate surface area is 194 Å². The zero-order valence-electron chi connectivity index (χ0n) is 17.4. The van der Waals surface area contributed by atoms with E-state index >= 15 is 0 Å². The first-order valence-electron chi connectivity index (χ1n) is 10.1. The third kappa shape index (κ3) is 5.56. The van der Waals surface area contributed by atoms with E-state index in [1.54, 1.807) is 25.3 Å². The highest BCUT2D eigenvalue weighted by Crippen LogP contribution is 2.22. The zero-order chi connectivity index (χ0) is 22.3. The molecule has 0 saturated carbocycles. The number of ether oxygens (including phenoxy) is 2. The lowest BCUT2D eigenvalue weighted by Gasteiger charge is -2.13. The van der Waals surface area contributed by atoms with Crippen LogP contribution in [-0.4, -0.2) is 23.2 Å². The van der Waals surface area contributed by atoms with Crippen molar-refractivity contribution in [3.63, 3.8) is 0 Å². The number of hydrogen-bond donors (Lipinski definition) is 2. The molecule has 0 fully saturated rings. The van der Waals surface area contributed by atoms with Crippen molar-refractivity contribution in [1.82, 2.24) is 10.4 Å². The van der Waals surface area contributed by atoms with Crippen molar-refractivity contribution >= 4 is 39.0 Å². The molecule has 162 valence electrons. The summed E-state index contributed by atoms with van der Waals surface area (Å²) in [5.74, 6) is 0.963. The normalized spacial score (nSPS) is 12.1. The maximum Gasteiger partial charge on any atom is 0.280 e. The summed E-state index contributed by atoms with van der Waals surface area (Å²) < 4.78 is 12.5. The number of nitrogens with zero attached hydrogens (tertiary/aromatic N) is 1. The molecule has 0 saturated heterocycles. The Hall–Kier alpha value is -3.58. The fraction of sp³-hybridized carbons (Fsp3) is 0.120. The number of carbonyl (C=O) groups excluding carboxylic acids is 1. The first-order valence-corrected chi connectivity index (χ1v) is 10.9. The number of amides is 1. The number of benzene rings is 3. The van der Waals surface area contributed by atoms with Crippen LogP contribution in [0.1, 0.15) is 18.1 Å². The van der Waals surface area contributed by atoms with Crippen LogP contribution < -0.4 is 14.9 Å². The summed E-state index contributed by atoms with van der Waals surface area (Å²) in [5, 5.41) is 5.07. The van der Waals surface area contributed by atoms with Crippen molar-refractivity contribution in [3.8, 4) is 11.5 Å². The van der Waals surface area contributed by atoms with Gasteiger partial charge in [0, 0.05) is 27.1 Å². The Kier molecular flexibility index (Phi) is 6.87. The van der Waals surface area contributed by atoms with Gasteiger partial charge in [-0.05, 0) is 55.0 Å². The molecule has 0 aliphatic carbocycles. The number of hydrogen-bond acceptors (Lipinski definition) is 4. The molecule has 0 aliphatic rings. The number of nitrogens with one attached hydrogen (secondary N) is 2. The van der Waals surface area contributed by atoms with Gasteiger partial charge in [-0.25, -0.2) is 5.43 Å². The smallest absolute Gasteiger partial charge is 0.280 e. The van der Waals surface area contributed by atoms with Gasteiger partial charge in [-0.2, -0.15) is 5.10 Å². The van der Waals surface area contributed by atoms with E-state index in [1.807, 2.05) is 66.9 Å². The topological polar surface area (TPSA) is 75.7 Å². The molecule has 0 bridgehead atoms. The number of carbonyl (C=O) groups is 1. The fourth-order valence-corrected chi connectivity index (χ4v) is 3.45. The van der Waals surface area contributed by atoms with Gasteiger partial charge in [-0.3, -0.25) is 4.79 Å². The van der Waals surface area contributed by atoms with Crippen molar-refractivity contribution in [2.45, 2.75) is 19.6 Å². The number of halogens is 1. The molecule has 2 N–H and O–H groups in total. The molecular weight excluding hydrogens is 470 g/mol. The third-order valence-electron chi connectivity index (χ3n) is 4.81. The minimum absolute atomic E-state index is 0.341. The predicted molar refractivity (Wildman–Crippen MR) is 129 cm³/mol. The number of aromatic nitrogens is 1. The van der Waals surface area contributed by atoms with Gasteiger partial charge in [-0.15, -0.1) is 0 Å². The second-order valence-electron chi connectivity index (χ2n) is 7.17. The average molecular weight is 492 g/mol.